The molecule has 0 fully saturated rings. The maximum atomic E-state index is 12.6. The molecule has 0 bridgehead atoms. The Balaban J connectivity index is 2.78. The summed E-state index contributed by atoms with van der Waals surface area (Å²) in [4.78, 5) is 25.9. The number of ether oxygens (including phenoxy) is 3. The highest BCUT2D eigenvalue weighted by Gasteiger charge is 2.13. The Morgan fingerprint density at radius 2 is 1.78 bits per heavy atom. The summed E-state index contributed by atoms with van der Waals surface area (Å²) in [7, 11) is 3.15. The lowest BCUT2D eigenvalue weighted by Gasteiger charge is -2.20. The van der Waals surface area contributed by atoms with E-state index in [9.17, 15) is 9.59 Å². The molecule has 0 N–H and O–H groups in total. The fourth-order valence-corrected chi connectivity index (χ4v) is 2.57. The zero-order valence-corrected chi connectivity index (χ0v) is 16.8. The normalized spacial score (nSPS) is 10.7. The van der Waals surface area contributed by atoms with Gasteiger partial charge in [0, 0.05) is 19.2 Å². The van der Waals surface area contributed by atoms with E-state index in [4.69, 9.17) is 14.2 Å². The molecule has 0 unspecified atom stereocenters. The van der Waals surface area contributed by atoms with Crippen LogP contribution in [0, 0.1) is 0 Å². The van der Waals surface area contributed by atoms with E-state index in [2.05, 4.69) is 6.92 Å². The number of esters is 1. The predicted molar refractivity (Wildman–Crippen MR) is 106 cm³/mol. The van der Waals surface area contributed by atoms with E-state index < -0.39 is 0 Å². The fourth-order valence-electron chi connectivity index (χ4n) is 2.57. The summed E-state index contributed by atoms with van der Waals surface area (Å²) in [5.74, 6) is 0.839. The van der Waals surface area contributed by atoms with Crippen molar-refractivity contribution in [2.45, 2.75) is 39.5 Å². The summed E-state index contributed by atoms with van der Waals surface area (Å²) in [5, 5.41) is 0. The third-order valence-electron chi connectivity index (χ3n) is 4.06. The van der Waals surface area contributed by atoms with Gasteiger partial charge >= 0.3 is 5.97 Å². The molecule has 0 spiro atoms. The highest BCUT2D eigenvalue weighted by molar-refractivity contribution is 5.92. The molecule has 1 aromatic carbocycles. The van der Waals surface area contributed by atoms with Crippen LogP contribution in [0.1, 0.15) is 45.1 Å². The minimum atomic E-state index is -0.283. The van der Waals surface area contributed by atoms with E-state index in [1.807, 2.05) is 12.1 Å². The molecule has 6 heteroatoms. The van der Waals surface area contributed by atoms with E-state index >= 15 is 0 Å². The van der Waals surface area contributed by atoms with Gasteiger partial charge in [0.1, 0.15) is 0 Å². The lowest BCUT2D eigenvalue weighted by molar-refractivity contribution is -0.143. The molecule has 0 radical (unpaired) electrons. The van der Waals surface area contributed by atoms with Crippen LogP contribution < -0.4 is 9.47 Å². The maximum Gasteiger partial charge on any atom is 0.307 e. The monoisotopic (exact) mass is 377 g/mol. The number of carbonyl (C=O) groups is 2. The van der Waals surface area contributed by atoms with Crippen LogP contribution in [0.2, 0.25) is 0 Å². The zero-order valence-electron chi connectivity index (χ0n) is 16.8. The highest BCUT2D eigenvalue weighted by atomic mass is 16.5. The van der Waals surface area contributed by atoms with Gasteiger partial charge in [-0.1, -0.05) is 25.8 Å². The Kier molecular flexibility index (Phi) is 10.7. The quantitative estimate of drug-likeness (QED) is 0.316. The van der Waals surface area contributed by atoms with Crippen LogP contribution in [0.3, 0.4) is 0 Å². The number of unbranched alkanes of at least 4 members (excludes halogenated alkanes) is 2. The molecule has 6 nitrogen and oxygen atoms in total. The second-order valence-electron chi connectivity index (χ2n) is 6.04. The minimum Gasteiger partial charge on any atom is -0.493 e. The largest absolute Gasteiger partial charge is 0.493 e. The lowest BCUT2D eigenvalue weighted by atomic mass is 10.1. The van der Waals surface area contributed by atoms with Crippen LogP contribution in [-0.2, 0) is 14.3 Å². The van der Waals surface area contributed by atoms with Gasteiger partial charge in [0.15, 0.2) is 11.5 Å². The van der Waals surface area contributed by atoms with Crippen molar-refractivity contribution in [3.8, 4) is 11.5 Å². The van der Waals surface area contributed by atoms with Gasteiger partial charge in [-0.15, -0.1) is 0 Å². The number of methoxy groups -OCH3 is 2. The molecule has 1 amide bonds. The number of amides is 1. The van der Waals surface area contributed by atoms with Crippen LogP contribution in [0.4, 0.5) is 0 Å². The standard InChI is InChI=1S/C21H31NO5/c1-5-7-8-14-22(15-13-21(24)27-6-2)20(23)12-10-17-9-11-18(25-3)19(16-17)26-4/h9-12,16H,5-8,13-15H2,1-4H3/b12-10+. The van der Waals surface area contributed by atoms with Crippen molar-refractivity contribution in [1.82, 2.24) is 4.90 Å². The van der Waals surface area contributed by atoms with Crippen LogP contribution in [0.5, 0.6) is 11.5 Å². The van der Waals surface area contributed by atoms with Gasteiger partial charge in [-0.3, -0.25) is 9.59 Å². The molecule has 150 valence electrons. The van der Waals surface area contributed by atoms with Gasteiger partial charge < -0.3 is 19.1 Å². The van der Waals surface area contributed by atoms with Gasteiger partial charge in [-0.05, 0) is 37.1 Å². The highest BCUT2D eigenvalue weighted by Crippen LogP contribution is 2.27. The number of hydrogen-bond acceptors (Lipinski definition) is 5. The van der Waals surface area contributed by atoms with E-state index in [1.54, 1.807) is 38.2 Å². The molecule has 0 saturated carbocycles. The number of rotatable bonds is 12. The Morgan fingerprint density at radius 1 is 1.04 bits per heavy atom. The summed E-state index contributed by atoms with van der Waals surface area (Å²) >= 11 is 0. The van der Waals surface area contributed by atoms with E-state index in [1.165, 1.54) is 6.08 Å². The number of benzene rings is 1. The topological polar surface area (TPSA) is 65.1 Å². The molecular weight excluding hydrogens is 346 g/mol. The Bertz CT molecular complexity index is 627. The fraction of sp³-hybridized carbons (Fsp3) is 0.524. The van der Waals surface area contributed by atoms with Crippen molar-refractivity contribution in [3.05, 3.63) is 29.8 Å². The molecule has 0 aliphatic heterocycles. The second-order valence-corrected chi connectivity index (χ2v) is 6.04. The molecule has 0 aliphatic carbocycles. The predicted octanol–water partition coefficient (Wildman–Crippen LogP) is 3.69. The van der Waals surface area contributed by atoms with E-state index in [0.717, 1.165) is 24.8 Å². The van der Waals surface area contributed by atoms with Gasteiger partial charge in [0.2, 0.25) is 5.91 Å². The first kappa shape index (κ1) is 22.5. The molecule has 1 aromatic rings. The molecular formula is C21H31NO5. The van der Waals surface area contributed by atoms with Gasteiger partial charge in [-0.2, -0.15) is 0 Å². The van der Waals surface area contributed by atoms with Crippen LogP contribution >= 0.6 is 0 Å². The van der Waals surface area contributed by atoms with Crippen molar-refractivity contribution < 1.29 is 23.8 Å². The van der Waals surface area contributed by atoms with Gasteiger partial charge in [-0.25, -0.2) is 0 Å². The third kappa shape index (κ3) is 8.15. The average molecular weight is 377 g/mol. The average Bonchev–Trinajstić information content (AvgIpc) is 2.68. The van der Waals surface area contributed by atoms with Crippen LogP contribution in [0.25, 0.3) is 6.08 Å². The molecule has 0 heterocycles. The molecule has 0 saturated heterocycles. The SMILES string of the molecule is CCCCCN(CCC(=O)OCC)C(=O)/C=C/c1ccc(OC)c(OC)c1. The lowest BCUT2D eigenvalue weighted by Crippen LogP contribution is -2.33. The first-order chi connectivity index (χ1) is 13.0. The molecule has 0 atom stereocenters. The van der Waals surface area contributed by atoms with Crippen molar-refractivity contribution >= 4 is 18.0 Å². The van der Waals surface area contributed by atoms with E-state index in [0.29, 0.717) is 31.2 Å². The summed E-state index contributed by atoms with van der Waals surface area (Å²) < 4.78 is 15.4. The van der Waals surface area contributed by atoms with Crippen LogP contribution in [0.15, 0.2) is 24.3 Å². The van der Waals surface area contributed by atoms with Crippen molar-refractivity contribution in [1.29, 1.82) is 0 Å². The van der Waals surface area contributed by atoms with Crippen molar-refractivity contribution in [2.75, 3.05) is 33.9 Å². The third-order valence-corrected chi connectivity index (χ3v) is 4.06. The molecule has 27 heavy (non-hydrogen) atoms. The second kappa shape index (κ2) is 12.8. The summed E-state index contributed by atoms with van der Waals surface area (Å²) in [5.41, 5.74) is 0.833. The summed E-state index contributed by atoms with van der Waals surface area (Å²) in [6.45, 7) is 5.22. The van der Waals surface area contributed by atoms with Crippen molar-refractivity contribution in [2.24, 2.45) is 0 Å². The van der Waals surface area contributed by atoms with Crippen LogP contribution in [-0.4, -0.2) is 50.7 Å². The minimum absolute atomic E-state index is 0.120. The summed E-state index contributed by atoms with van der Waals surface area (Å²) in [6, 6.07) is 5.45. The molecule has 0 aliphatic rings. The first-order valence-electron chi connectivity index (χ1n) is 9.40. The summed E-state index contributed by atoms with van der Waals surface area (Å²) in [6.07, 6.45) is 6.50. The maximum absolute atomic E-state index is 12.6. The Labute approximate surface area is 162 Å². The molecule has 0 aromatic heterocycles. The number of hydrogen-bond donors (Lipinski definition) is 0. The van der Waals surface area contributed by atoms with Gasteiger partial charge in [0.05, 0.1) is 27.2 Å². The smallest absolute Gasteiger partial charge is 0.307 e. The van der Waals surface area contributed by atoms with Gasteiger partial charge in [0.25, 0.3) is 0 Å². The zero-order chi connectivity index (χ0) is 20.1. The van der Waals surface area contributed by atoms with E-state index in [-0.39, 0.29) is 18.3 Å². The molecule has 1 rings (SSSR count). The number of nitrogens with zero attached hydrogens (tertiary/aromatic N) is 1. The van der Waals surface area contributed by atoms with Crippen molar-refractivity contribution in [3.63, 3.8) is 0 Å². The Morgan fingerprint density at radius 3 is 2.41 bits per heavy atom. The number of carbonyl (C=O) groups excluding carboxylic acids is 2. The first-order valence-corrected chi connectivity index (χ1v) is 9.40. The Hall–Kier alpha value is -2.50.